The summed E-state index contributed by atoms with van der Waals surface area (Å²) in [5.74, 6) is 0.404. The molecule has 1 saturated carbocycles. The van der Waals surface area contributed by atoms with Gasteiger partial charge >= 0.3 is 0 Å². The van der Waals surface area contributed by atoms with Crippen molar-refractivity contribution in [2.45, 2.75) is 25.5 Å². The molecule has 6 nitrogen and oxygen atoms in total. The van der Waals surface area contributed by atoms with E-state index in [1.807, 2.05) is 0 Å². The van der Waals surface area contributed by atoms with E-state index in [1.54, 1.807) is 21.1 Å². The second-order valence-corrected chi connectivity index (χ2v) is 6.16. The summed E-state index contributed by atoms with van der Waals surface area (Å²) in [6.07, 6.45) is 1.19. The fraction of sp³-hybridized carbons (Fsp3) is 0.714. The van der Waals surface area contributed by atoms with Crippen molar-refractivity contribution in [2.75, 3.05) is 20.3 Å². The van der Waals surface area contributed by atoms with Gasteiger partial charge in [-0.1, -0.05) is 11.6 Å². The molecule has 3 rings (SSSR count). The van der Waals surface area contributed by atoms with Crippen LogP contribution in [0.2, 0.25) is 5.02 Å². The lowest BCUT2D eigenvalue weighted by atomic mass is 9.67. The van der Waals surface area contributed by atoms with Gasteiger partial charge in [0.05, 0.1) is 23.4 Å². The van der Waals surface area contributed by atoms with Crippen molar-refractivity contribution >= 4 is 17.5 Å². The monoisotopic (exact) mass is 313 g/mol. The van der Waals surface area contributed by atoms with E-state index in [2.05, 4.69) is 10.4 Å². The zero-order valence-electron chi connectivity index (χ0n) is 12.4. The maximum Gasteiger partial charge on any atom is 0.271 e. The number of aryl methyl sites for hydroxylation is 2. The molecule has 1 aliphatic heterocycles. The number of ether oxygens (including phenoxy) is 2. The molecule has 1 aromatic rings. The highest BCUT2D eigenvalue weighted by Gasteiger charge is 2.54. The van der Waals surface area contributed by atoms with E-state index >= 15 is 0 Å². The first-order valence-electron chi connectivity index (χ1n) is 7.15. The average molecular weight is 314 g/mol. The molecule has 2 heterocycles. The van der Waals surface area contributed by atoms with Gasteiger partial charge in [-0.15, -0.1) is 0 Å². The molecule has 0 aromatic carbocycles. The Morgan fingerprint density at radius 1 is 1.62 bits per heavy atom. The molecule has 0 radical (unpaired) electrons. The molecule has 116 valence electrons. The smallest absolute Gasteiger partial charge is 0.271 e. The fourth-order valence-corrected chi connectivity index (χ4v) is 3.78. The Balaban J connectivity index is 1.75. The van der Waals surface area contributed by atoms with Gasteiger partial charge in [-0.2, -0.15) is 5.10 Å². The number of rotatable bonds is 4. The number of fused-ring (bicyclic) bond motifs is 1. The Hall–Kier alpha value is -1.11. The van der Waals surface area contributed by atoms with Gasteiger partial charge in [0.2, 0.25) is 0 Å². The maximum absolute atomic E-state index is 12.5. The van der Waals surface area contributed by atoms with Crippen LogP contribution < -0.4 is 5.32 Å². The molecular weight excluding hydrogens is 294 g/mol. The third kappa shape index (κ3) is 2.35. The number of carbonyl (C=O) groups is 1. The van der Waals surface area contributed by atoms with Crippen molar-refractivity contribution < 1.29 is 14.3 Å². The molecule has 0 unspecified atom stereocenters. The van der Waals surface area contributed by atoms with E-state index in [4.69, 9.17) is 21.1 Å². The molecular formula is C14H20ClN3O3. The summed E-state index contributed by atoms with van der Waals surface area (Å²) < 4.78 is 12.5. The number of aromatic nitrogens is 2. The SMILES string of the molecule is COC[C@@H]1[C@H](NC(=O)c2c(Cl)c(C)nn2C)[C@@H]2CCO[C@H]12. The quantitative estimate of drug-likeness (QED) is 0.906. The standard InChI is InChI=1S/C14H20ClN3O3/c1-7-10(15)12(18(2)17-7)14(19)16-11-8-4-5-21-13(8)9(11)6-20-3/h8-9,11,13H,4-6H2,1-3H3,(H,16,19)/t8-,9+,11+,13-/m0/s1. The zero-order chi connectivity index (χ0) is 15.1. The summed E-state index contributed by atoms with van der Waals surface area (Å²) in [4.78, 5) is 12.5. The lowest BCUT2D eigenvalue weighted by molar-refractivity contribution is -0.0810. The van der Waals surface area contributed by atoms with E-state index in [9.17, 15) is 4.79 Å². The van der Waals surface area contributed by atoms with Crippen LogP contribution in [-0.2, 0) is 16.5 Å². The van der Waals surface area contributed by atoms with Crippen LogP contribution in [0.25, 0.3) is 0 Å². The number of methoxy groups -OCH3 is 1. The highest BCUT2D eigenvalue weighted by molar-refractivity contribution is 6.34. The Morgan fingerprint density at radius 2 is 2.38 bits per heavy atom. The van der Waals surface area contributed by atoms with E-state index in [-0.39, 0.29) is 24.0 Å². The molecule has 0 spiro atoms. The van der Waals surface area contributed by atoms with Crippen LogP contribution in [0.1, 0.15) is 22.6 Å². The van der Waals surface area contributed by atoms with Crippen LogP contribution in [-0.4, -0.2) is 48.2 Å². The number of hydrogen-bond acceptors (Lipinski definition) is 4. The summed E-state index contributed by atoms with van der Waals surface area (Å²) in [5, 5.41) is 7.68. The number of halogens is 1. The molecule has 1 amide bonds. The molecule has 1 N–H and O–H groups in total. The van der Waals surface area contributed by atoms with Crippen LogP contribution in [0.5, 0.6) is 0 Å². The Morgan fingerprint density at radius 3 is 3.00 bits per heavy atom. The molecule has 1 aliphatic carbocycles. The van der Waals surface area contributed by atoms with Crippen molar-refractivity contribution in [1.29, 1.82) is 0 Å². The van der Waals surface area contributed by atoms with Gasteiger partial charge in [0.1, 0.15) is 5.69 Å². The maximum atomic E-state index is 12.5. The third-order valence-electron chi connectivity index (χ3n) is 4.55. The second kappa shape index (κ2) is 5.59. The van der Waals surface area contributed by atoms with Gasteiger partial charge in [-0.25, -0.2) is 0 Å². The van der Waals surface area contributed by atoms with Crippen molar-refractivity contribution in [3.63, 3.8) is 0 Å². The minimum atomic E-state index is -0.181. The number of nitrogens with one attached hydrogen (secondary N) is 1. The minimum Gasteiger partial charge on any atom is -0.384 e. The molecule has 1 saturated heterocycles. The van der Waals surface area contributed by atoms with Crippen molar-refractivity contribution in [1.82, 2.24) is 15.1 Å². The van der Waals surface area contributed by atoms with Gasteiger partial charge in [0.15, 0.2) is 0 Å². The van der Waals surface area contributed by atoms with Crippen LogP contribution in [0.3, 0.4) is 0 Å². The lowest BCUT2D eigenvalue weighted by Crippen LogP contribution is -2.62. The van der Waals surface area contributed by atoms with E-state index < -0.39 is 0 Å². The molecule has 21 heavy (non-hydrogen) atoms. The first-order chi connectivity index (χ1) is 10.0. The van der Waals surface area contributed by atoms with E-state index in [1.165, 1.54) is 4.68 Å². The average Bonchev–Trinajstić information content (AvgIpc) is 2.96. The van der Waals surface area contributed by atoms with Gasteiger partial charge in [-0.05, 0) is 13.3 Å². The van der Waals surface area contributed by atoms with E-state index in [0.717, 1.165) is 13.0 Å². The van der Waals surface area contributed by atoms with Gasteiger partial charge in [-0.3, -0.25) is 9.48 Å². The fourth-order valence-electron chi connectivity index (χ4n) is 3.53. The van der Waals surface area contributed by atoms with Crippen LogP contribution >= 0.6 is 11.6 Å². The highest BCUT2D eigenvalue weighted by Crippen LogP contribution is 2.43. The van der Waals surface area contributed by atoms with Gasteiger partial charge in [0.25, 0.3) is 5.91 Å². The Bertz CT molecular complexity index is 560. The van der Waals surface area contributed by atoms with Crippen LogP contribution in [0.15, 0.2) is 0 Å². The molecule has 7 heteroatoms. The van der Waals surface area contributed by atoms with E-state index in [0.29, 0.717) is 28.9 Å². The molecule has 0 bridgehead atoms. The van der Waals surface area contributed by atoms with Crippen molar-refractivity contribution in [3.05, 3.63) is 16.4 Å². The first kappa shape index (κ1) is 14.8. The number of hydrogen-bond donors (Lipinski definition) is 1. The molecule has 1 aromatic heterocycles. The normalized spacial score (nSPS) is 30.9. The summed E-state index contributed by atoms with van der Waals surface area (Å²) in [5.41, 5.74) is 1.07. The van der Waals surface area contributed by atoms with Gasteiger partial charge in [0, 0.05) is 38.6 Å². The van der Waals surface area contributed by atoms with Crippen molar-refractivity contribution in [2.24, 2.45) is 18.9 Å². The minimum absolute atomic E-state index is 0.0798. The number of amides is 1. The second-order valence-electron chi connectivity index (χ2n) is 5.78. The molecule has 2 fully saturated rings. The largest absolute Gasteiger partial charge is 0.384 e. The Kier molecular flexibility index (Phi) is 3.94. The van der Waals surface area contributed by atoms with Crippen molar-refractivity contribution in [3.8, 4) is 0 Å². The predicted molar refractivity (Wildman–Crippen MR) is 77.4 cm³/mol. The highest BCUT2D eigenvalue weighted by atomic mass is 35.5. The topological polar surface area (TPSA) is 65.4 Å². The predicted octanol–water partition coefficient (Wildman–Crippen LogP) is 1.16. The third-order valence-corrected chi connectivity index (χ3v) is 5.00. The van der Waals surface area contributed by atoms with Gasteiger partial charge < -0.3 is 14.8 Å². The Labute approximate surface area is 128 Å². The number of nitrogens with zero attached hydrogens (tertiary/aromatic N) is 2. The van der Waals surface area contributed by atoms with Crippen LogP contribution in [0.4, 0.5) is 0 Å². The molecule has 2 aliphatic rings. The lowest BCUT2D eigenvalue weighted by Gasteiger charge is -2.47. The summed E-state index contributed by atoms with van der Waals surface area (Å²) >= 11 is 6.17. The first-order valence-corrected chi connectivity index (χ1v) is 7.53. The summed E-state index contributed by atoms with van der Waals surface area (Å²) in [7, 11) is 3.39. The zero-order valence-corrected chi connectivity index (χ0v) is 13.2. The van der Waals surface area contributed by atoms with Crippen LogP contribution in [0, 0.1) is 18.8 Å². The summed E-state index contributed by atoms with van der Waals surface area (Å²) in [6, 6.07) is 0.0798. The number of carbonyl (C=O) groups excluding carboxylic acids is 1. The summed E-state index contributed by atoms with van der Waals surface area (Å²) in [6.45, 7) is 3.13. The molecule has 4 atom stereocenters.